The number of anilines is 3. The lowest BCUT2D eigenvalue weighted by Crippen LogP contribution is -2.21. The average molecular weight is 501 g/mol. The van der Waals surface area contributed by atoms with E-state index in [0.717, 1.165) is 36.0 Å². The largest absolute Gasteiger partial charge is 0.490 e. The summed E-state index contributed by atoms with van der Waals surface area (Å²) in [6, 6.07) is 11.6. The van der Waals surface area contributed by atoms with Gasteiger partial charge in [0.05, 0.1) is 27.8 Å². The molecule has 1 aliphatic rings. The van der Waals surface area contributed by atoms with E-state index in [2.05, 4.69) is 50.4 Å². The van der Waals surface area contributed by atoms with Gasteiger partial charge in [-0.05, 0) is 38.0 Å². The first-order valence-corrected chi connectivity index (χ1v) is 11.1. The molecule has 0 aliphatic heterocycles. The Morgan fingerprint density at radius 3 is 2.56 bits per heavy atom. The Balaban J connectivity index is 0.000000384. The lowest BCUT2D eigenvalue weighted by molar-refractivity contribution is -0.192. The molecule has 4 aromatic rings. The van der Waals surface area contributed by atoms with Crippen LogP contribution in [0.5, 0.6) is 0 Å². The highest BCUT2D eigenvalue weighted by molar-refractivity contribution is 6.01. The Morgan fingerprint density at radius 2 is 1.92 bits per heavy atom. The van der Waals surface area contributed by atoms with E-state index in [1.54, 1.807) is 18.3 Å². The van der Waals surface area contributed by atoms with Crippen LogP contribution in [0.15, 0.2) is 53.6 Å². The van der Waals surface area contributed by atoms with E-state index < -0.39 is 12.1 Å². The zero-order valence-corrected chi connectivity index (χ0v) is 19.0. The number of H-pyrrole nitrogens is 1. The molecule has 0 spiro atoms. The maximum Gasteiger partial charge on any atom is 0.490 e. The molecule has 1 aromatic carbocycles. The molecule has 1 saturated carbocycles. The second kappa shape index (κ2) is 9.72. The van der Waals surface area contributed by atoms with Crippen molar-refractivity contribution in [3.05, 3.63) is 59.1 Å². The van der Waals surface area contributed by atoms with Crippen LogP contribution in [0.3, 0.4) is 0 Å². The summed E-state index contributed by atoms with van der Waals surface area (Å²) in [4.78, 5) is 40.9. The van der Waals surface area contributed by atoms with Gasteiger partial charge in [-0.15, -0.1) is 0 Å². The standard InChI is InChI=1S/C22H21N5O2.C2HF3O2/c1-2-27-11-9-13-4-3-5-16(20(13)27)24-17-12-18(26-21(28)14-6-7-14)25-15-8-10-23-22(29)19(15)17;3-2(4,5)1(6)7/h3-5,8-12,14H,2,6-7H2,1H3,(H,23,29)(H2,24,25,26,28);(H,6,7). The van der Waals surface area contributed by atoms with Gasteiger partial charge in [-0.25, -0.2) is 9.78 Å². The van der Waals surface area contributed by atoms with Crippen molar-refractivity contribution in [3.63, 3.8) is 0 Å². The highest BCUT2D eigenvalue weighted by atomic mass is 19.4. The maximum absolute atomic E-state index is 12.6. The number of para-hydroxylation sites is 1. The Bertz CT molecular complexity index is 1510. The number of aryl methyl sites for hydroxylation is 1. The molecule has 1 aliphatic carbocycles. The van der Waals surface area contributed by atoms with Crippen molar-refractivity contribution in [3.8, 4) is 0 Å². The summed E-state index contributed by atoms with van der Waals surface area (Å²) < 4.78 is 33.9. The Kier molecular flexibility index (Phi) is 6.69. The third-order valence-corrected chi connectivity index (χ3v) is 5.57. The van der Waals surface area contributed by atoms with Gasteiger partial charge in [0.15, 0.2) is 0 Å². The number of carboxylic acid groups (broad SMARTS) is 1. The molecule has 3 heterocycles. The van der Waals surface area contributed by atoms with Crippen LogP contribution >= 0.6 is 0 Å². The molecule has 0 unspecified atom stereocenters. The van der Waals surface area contributed by atoms with E-state index in [4.69, 9.17) is 9.90 Å². The number of carboxylic acids is 1. The first-order valence-electron chi connectivity index (χ1n) is 11.1. The number of nitrogens with one attached hydrogen (secondary N) is 3. The molecule has 0 atom stereocenters. The molecule has 5 rings (SSSR count). The lowest BCUT2D eigenvalue weighted by Gasteiger charge is -2.14. The van der Waals surface area contributed by atoms with Gasteiger partial charge in [0, 0.05) is 36.3 Å². The molecule has 0 bridgehead atoms. The van der Waals surface area contributed by atoms with Crippen LogP contribution in [0.4, 0.5) is 30.4 Å². The number of alkyl halides is 3. The molecule has 4 N–H and O–H groups in total. The van der Waals surface area contributed by atoms with Gasteiger partial charge in [-0.1, -0.05) is 12.1 Å². The van der Waals surface area contributed by atoms with Gasteiger partial charge in [0.25, 0.3) is 5.56 Å². The predicted octanol–water partition coefficient (Wildman–Crippen LogP) is 4.62. The Hall–Kier alpha value is -4.35. The van der Waals surface area contributed by atoms with Crippen molar-refractivity contribution < 1.29 is 27.9 Å². The molecule has 0 radical (unpaired) electrons. The number of halogens is 3. The second-order valence-corrected chi connectivity index (χ2v) is 8.16. The van der Waals surface area contributed by atoms with Crippen molar-refractivity contribution in [2.24, 2.45) is 5.92 Å². The van der Waals surface area contributed by atoms with E-state index in [0.29, 0.717) is 22.4 Å². The van der Waals surface area contributed by atoms with Crippen LogP contribution in [0.25, 0.3) is 21.8 Å². The number of nitrogens with zero attached hydrogens (tertiary/aromatic N) is 2. The molecule has 0 saturated heterocycles. The van der Waals surface area contributed by atoms with Gasteiger partial charge in [-0.3, -0.25) is 9.59 Å². The van der Waals surface area contributed by atoms with Crippen LogP contribution in [0.1, 0.15) is 19.8 Å². The number of aromatic nitrogens is 3. The number of rotatable bonds is 5. The summed E-state index contributed by atoms with van der Waals surface area (Å²) in [7, 11) is 0. The molecular formula is C24H22F3N5O4. The SMILES string of the molecule is CCn1ccc2cccc(Nc3cc(NC(=O)C4CC4)nc4cc[nH]c(=O)c34)c21.O=C(O)C(F)(F)F. The first-order chi connectivity index (χ1) is 17.1. The van der Waals surface area contributed by atoms with Gasteiger partial charge < -0.3 is 25.3 Å². The van der Waals surface area contributed by atoms with E-state index >= 15 is 0 Å². The summed E-state index contributed by atoms with van der Waals surface area (Å²) in [6.45, 7) is 2.93. The fraction of sp³-hybridized carbons (Fsp3) is 0.250. The number of hydrogen-bond acceptors (Lipinski definition) is 5. The monoisotopic (exact) mass is 501 g/mol. The van der Waals surface area contributed by atoms with Gasteiger partial charge in [0.2, 0.25) is 5.91 Å². The third-order valence-electron chi connectivity index (χ3n) is 5.57. The van der Waals surface area contributed by atoms with Gasteiger partial charge >= 0.3 is 12.1 Å². The molecule has 9 nitrogen and oxygen atoms in total. The number of aromatic amines is 1. The first kappa shape index (κ1) is 24.8. The van der Waals surface area contributed by atoms with E-state index in [9.17, 15) is 22.8 Å². The molecule has 3 aromatic heterocycles. The van der Waals surface area contributed by atoms with Crippen molar-refractivity contribution in [1.29, 1.82) is 0 Å². The number of fused-ring (bicyclic) bond motifs is 2. The lowest BCUT2D eigenvalue weighted by atomic mass is 10.2. The summed E-state index contributed by atoms with van der Waals surface area (Å²) in [5, 5.41) is 15.0. The van der Waals surface area contributed by atoms with Crippen molar-refractivity contribution in [2.75, 3.05) is 10.6 Å². The van der Waals surface area contributed by atoms with Crippen molar-refractivity contribution in [1.82, 2.24) is 14.5 Å². The molecule has 36 heavy (non-hydrogen) atoms. The topological polar surface area (TPSA) is 129 Å². The molecule has 1 fully saturated rings. The summed E-state index contributed by atoms with van der Waals surface area (Å²) in [5.74, 6) is -2.26. The number of pyridine rings is 2. The smallest absolute Gasteiger partial charge is 0.475 e. The maximum atomic E-state index is 12.6. The number of carbonyl (C=O) groups is 2. The van der Waals surface area contributed by atoms with Crippen molar-refractivity contribution >= 4 is 50.9 Å². The van der Waals surface area contributed by atoms with Gasteiger partial charge in [-0.2, -0.15) is 13.2 Å². The Labute approximate surface area is 202 Å². The summed E-state index contributed by atoms with van der Waals surface area (Å²) >= 11 is 0. The minimum atomic E-state index is -5.08. The van der Waals surface area contributed by atoms with Crippen LogP contribution in [-0.2, 0) is 16.1 Å². The highest BCUT2D eigenvalue weighted by Crippen LogP contribution is 2.33. The number of aliphatic carboxylic acids is 1. The zero-order valence-electron chi connectivity index (χ0n) is 19.0. The van der Waals surface area contributed by atoms with Crippen LogP contribution in [0.2, 0.25) is 0 Å². The zero-order chi connectivity index (χ0) is 26.0. The fourth-order valence-corrected chi connectivity index (χ4v) is 3.70. The predicted molar refractivity (Wildman–Crippen MR) is 128 cm³/mol. The van der Waals surface area contributed by atoms with Crippen LogP contribution < -0.4 is 16.2 Å². The highest BCUT2D eigenvalue weighted by Gasteiger charge is 2.38. The fourth-order valence-electron chi connectivity index (χ4n) is 3.70. The third kappa shape index (κ3) is 5.32. The quantitative estimate of drug-likeness (QED) is 0.316. The summed E-state index contributed by atoms with van der Waals surface area (Å²) in [5.41, 5.74) is 2.87. The van der Waals surface area contributed by atoms with E-state index in [1.807, 2.05) is 12.1 Å². The minimum absolute atomic E-state index is 0.0189. The Morgan fingerprint density at radius 1 is 1.19 bits per heavy atom. The number of benzene rings is 1. The normalized spacial score (nSPS) is 13.2. The second-order valence-electron chi connectivity index (χ2n) is 8.16. The number of carbonyl (C=O) groups excluding carboxylic acids is 1. The molecular weight excluding hydrogens is 479 g/mol. The van der Waals surface area contributed by atoms with E-state index in [1.165, 1.54) is 0 Å². The number of amides is 1. The minimum Gasteiger partial charge on any atom is -0.475 e. The summed E-state index contributed by atoms with van der Waals surface area (Å²) in [6.07, 6.45) is 0.367. The van der Waals surface area contributed by atoms with Crippen LogP contribution in [0, 0.1) is 5.92 Å². The van der Waals surface area contributed by atoms with Gasteiger partial charge in [0.1, 0.15) is 5.82 Å². The van der Waals surface area contributed by atoms with Crippen LogP contribution in [-0.4, -0.2) is 37.7 Å². The van der Waals surface area contributed by atoms with Crippen molar-refractivity contribution in [2.45, 2.75) is 32.5 Å². The van der Waals surface area contributed by atoms with E-state index in [-0.39, 0.29) is 17.4 Å². The average Bonchev–Trinajstić information content (AvgIpc) is 3.58. The molecule has 188 valence electrons. The molecule has 12 heteroatoms. The number of hydrogen-bond donors (Lipinski definition) is 4. The molecule has 1 amide bonds.